The zero-order valence-electron chi connectivity index (χ0n) is 14.8. The number of hydrogen-bond donors (Lipinski definition) is 1. The smallest absolute Gasteiger partial charge is 0.335 e. The first-order chi connectivity index (χ1) is 12.1. The number of rotatable bonds is 4. The fourth-order valence-electron chi connectivity index (χ4n) is 3.86. The molecule has 0 bridgehead atoms. The van der Waals surface area contributed by atoms with Crippen LogP contribution in [0.5, 0.6) is 0 Å². The van der Waals surface area contributed by atoms with Crippen LogP contribution in [0.2, 0.25) is 0 Å². The van der Waals surface area contributed by atoms with Crippen LogP contribution >= 0.6 is 0 Å². The minimum absolute atomic E-state index is 0.478. The highest BCUT2D eigenvalue weighted by Gasteiger charge is 2.34. The molecule has 1 N–H and O–H groups in total. The van der Waals surface area contributed by atoms with E-state index in [2.05, 4.69) is 15.1 Å². The minimum Gasteiger partial charge on any atom is -0.392 e. The van der Waals surface area contributed by atoms with Gasteiger partial charge in [0.25, 0.3) is 0 Å². The van der Waals surface area contributed by atoms with Gasteiger partial charge in [-0.1, -0.05) is 30.3 Å². The van der Waals surface area contributed by atoms with E-state index in [4.69, 9.17) is 4.74 Å². The number of piperidine rings is 1. The molecule has 6 nitrogen and oxygen atoms in total. The molecular weight excluding hydrogens is 318 g/mol. The van der Waals surface area contributed by atoms with Crippen molar-refractivity contribution in [3.63, 3.8) is 0 Å². The maximum Gasteiger partial charge on any atom is 0.335 e. The number of nitrogens with one attached hydrogen (secondary N) is 1. The van der Waals surface area contributed by atoms with Gasteiger partial charge in [-0.2, -0.15) is 0 Å². The average molecular weight is 345 g/mol. The third-order valence-electron chi connectivity index (χ3n) is 5.12. The van der Waals surface area contributed by atoms with Crippen LogP contribution in [0.15, 0.2) is 30.3 Å². The number of nitrogens with zero attached hydrogens (tertiary/aromatic N) is 2. The van der Waals surface area contributed by atoms with Crippen molar-refractivity contribution in [1.82, 2.24) is 15.1 Å². The summed E-state index contributed by atoms with van der Waals surface area (Å²) in [5.74, 6) is -1.03. The Morgan fingerprint density at radius 3 is 2.32 bits per heavy atom. The van der Waals surface area contributed by atoms with E-state index >= 15 is 0 Å². The summed E-state index contributed by atoms with van der Waals surface area (Å²) in [7, 11) is 0. The first-order valence-corrected chi connectivity index (χ1v) is 9.11. The second kappa shape index (κ2) is 8.56. The Hall–Kier alpha value is -1.76. The molecule has 1 aromatic carbocycles. The average Bonchev–Trinajstić information content (AvgIpc) is 2.63. The molecule has 1 aromatic rings. The first kappa shape index (κ1) is 18.0. The van der Waals surface area contributed by atoms with Crippen molar-refractivity contribution < 1.29 is 14.3 Å². The summed E-state index contributed by atoms with van der Waals surface area (Å²) in [6.07, 6.45) is 2.38. The molecule has 25 heavy (non-hydrogen) atoms. The van der Waals surface area contributed by atoms with Crippen LogP contribution in [0.4, 0.5) is 0 Å². The van der Waals surface area contributed by atoms with Gasteiger partial charge in [0.2, 0.25) is 0 Å². The largest absolute Gasteiger partial charge is 0.392 e. The lowest BCUT2D eigenvalue weighted by molar-refractivity contribution is -0.163. The van der Waals surface area contributed by atoms with Crippen molar-refractivity contribution >= 4 is 11.9 Å². The van der Waals surface area contributed by atoms with Gasteiger partial charge < -0.3 is 10.1 Å². The normalized spacial score (nSPS) is 21.6. The zero-order valence-corrected chi connectivity index (χ0v) is 14.8. The molecule has 0 amide bonds. The van der Waals surface area contributed by atoms with Crippen molar-refractivity contribution in [2.45, 2.75) is 31.8 Å². The lowest BCUT2D eigenvalue weighted by atomic mass is 10.0. The van der Waals surface area contributed by atoms with Crippen LogP contribution in [0.25, 0.3) is 0 Å². The highest BCUT2D eigenvalue weighted by molar-refractivity contribution is 5.88. The summed E-state index contributed by atoms with van der Waals surface area (Å²) in [6, 6.07) is 9.72. The third kappa shape index (κ3) is 4.66. The molecule has 0 spiro atoms. The van der Waals surface area contributed by atoms with Crippen LogP contribution < -0.4 is 5.32 Å². The molecular formula is C19H27N3O3. The van der Waals surface area contributed by atoms with Gasteiger partial charge in [0.15, 0.2) is 0 Å². The van der Waals surface area contributed by atoms with Crippen LogP contribution in [0, 0.1) is 0 Å². The number of benzene rings is 1. The molecule has 1 unspecified atom stereocenters. The Morgan fingerprint density at radius 1 is 1.08 bits per heavy atom. The Morgan fingerprint density at radius 2 is 1.72 bits per heavy atom. The van der Waals surface area contributed by atoms with Crippen LogP contribution in [0.1, 0.15) is 31.4 Å². The standard InChI is InChI=1S/C19H27N3O3/c1-15(23)25-19(24)18(16-5-3-2-4-6-16)22-13-11-21(12-14-22)17-7-9-20-10-8-17/h2-6,17-18,20H,7-14H2,1H3. The van der Waals surface area contributed by atoms with Crippen LogP contribution in [-0.4, -0.2) is 67.0 Å². The maximum atomic E-state index is 12.5. The zero-order chi connectivity index (χ0) is 17.6. The first-order valence-electron chi connectivity index (χ1n) is 9.11. The number of hydrogen-bond acceptors (Lipinski definition) is 6. The van der Waals surface area contributed by atoms with Gasteiger partial charge in [0.05, 0.1) is 0 Å². The van der Waals surface area contributed by atoms with Gasteiger partial charge >= 0.3 is 11.9 Å². The van der Waals surface area contributed by atoms with Crippen LogP contribution in [-0.2, 0) is 14.3 Å². The number of esters is 2. The van der Waals surface area contributed by atoms with E-state index in [9.17, 15) is 9.59 Å². The fourth-order valence-corrected chi connectivity index (χ4v) is 3.86. The number of piperazine rings is 1. The second-order valence-corrected chi connectivity index (χ2v) is 6.78. The summed E-state index contributed by atoms with van der Waals surface area (Å²) >= 11 is 0. The van der Waals surface area contributed by atoms with E-state index < -0.39 is 18.0 Å². The van der Waals surface area contributed by atoms with E-state index in [-0.39, 0.29) is 0 Å². The number of carbonyl (C=O) groups excluding carboxylic acids is 2. The molecule has 0 saturated carbocycles. The van der Waals surface area contributed by atoms with E-state index in [1.807, 2.05) is 30.3 Å². The van der Waals surface area contributed by atoms with Crippen molar-refractivity contribution in [2.24, 2.45) is 0 Å². The van der Waals surface area contributed by atoms with Crippen molar-refractivity contribution in [3.05, 3.63) is 35.9 Å². The summed E-state index contributed by atoms with van der Waals surface area (Å²) < 4.78 is 4.92. The molecule has 0 radical (unpaired) electrons. The highest BCUT2D eigenvalue weighted by Crippen LogP contribution is 2.25. The van der Waals surface area contributed by atoms with E-state index in [1.54, 1.807) is 0 Å². The van der Waals surface area contributed by atoms with Crippen molar-refractivity contribution in [2.75, 3.05) is 39.3 Å². The molecule has 0 aliphatic carbocycles. The molecule has 3 rings (SSSR count). The summed E-state index contributed by atoms with van der Waals surface area (Å²) in [6.45, 7) is 6.94. The topological polar surface area (TPSA) is 61.9 Å². The molecule has 2 aliphatic rings. The van der Waals surface area contributed by atoms with Gasteiger partial charge in [-0.25, -0.2) is 4.79 Å². The quantitative estimate of drug-likeness (QED) is 0.653. The Kier molecular flexibility index (Phi) is 6.18. The molecule has 2 saturated heterocycles. The Balaban J connectivity index is 1.67. The van der Waals surface area contributed by atoms with Gasteiger partial charge in [0.1, 0.15) is 6.04 Å². The fraction of sp³-hybridized carbons (Fsp3) is 0.579. The molecule has 0 aromatic heterocycles. The second-order valence-electron chi connectivity index (χ2n) is 6.78. The SMILES string of the molecule is CC(=O)OC(=O)C(c1ccccc1)N1CCN(C2CCNCC2)CC1. The third-order valence-corrected chi connectivity index (χ3v) is 5.12. The lowest BCUT2D eigenvalue weighted by Gasteiger charge is -2.42. The predicted octanol–water partition coefficient (Wildman–Crippen LogP) is 1.19. The van der Waals surface area contributed by atoms with E-state index in [0.29, 0.717) is 6.04 Å². The van der Waals surface area contributed by atoms with Gasteiger partial charge in [0, 0.05) is 39.1 Å². The van der Waals surface area contributed by atoms with Gasteiger partial charge in [-0.05, 0) is 31.5 Å². The lowest BCUT2D eigenvalue weighted by Crippen LogP contribution is -2.54. The maximum absolute atomic E-state index is 12.5. The molecule has 6 heteroatoms. The monoisotopic (exact) mass is 345 g/mol. The predicted molar refractivity (Wildman–Crippen MR) is 95.0 cm³/mol. The molecule has 2 fully saturated rings. The van der Waals surface area contributed by atoms with E-state index in [0.717, 1.165) is 44.8 Å². The van der Waals surface area contributed by atoms with Crippen molar-refractivity contribution in [3.8, 4) is 0 Å². The molecule has 2 aliphatic heterocycles. The van der Waals surface area contributed by atoms with Crippen LogP contribution in [0.3, 0.4) is 0 Å². The summed E-state index contributed by atoms with van der Waals surface area (Å²) in [5, 5.41) is 3.41. The summed E-state index contributed by atoms with van der Waals surface area (Å²) in [4.78, 5) is 28.5. The molecule has 1 atom stereocenters. The Bertz CT molecular complexity index is 579. The van der Waals surface area contributed by atoms with E-state index in [1.165, 1.54) is 19.8 Å². The van der Waals surface area contributed by atoms with Crippen molar-refractivity contribution in [1.29, 1.82) is 0 Å². The summed E-state index contributed by atoms with van der Waals surface area (Å²) in [5.41, 5.74) is 0.879. The molecule has 2 heterocycles. The Labute approximate surface area is 149 Å². The number of carbonyl (C=O) groups is 2. The molecule has 136 valence electrons. The highest BCUT2D eigenvalue weighted by atomic mass is 16.6. The van der Waals surface area contributed by atoms with Gasteiger partial charge in [-0.15, -0.1) is 0 Å². The minimum atomic E-state index is -0.556. The van der Waals surface area contributed by atoms with Gasteiger partial charge in [-0.3, -0.25) is 14.6 Å². The number of ether oxygens (including phenoxy) is 1.